The van der Waals surface area contributed by atoms with E-state index in [1.54, 1.807) is 31.9 Å². The van der Waals surface area contributed by atoms with Gasteiger partial charge in [0.15, 0.2) is 11.2 Å². The molecular formula is C32H55N5O5. The minimum atomic E-state index is -0.323. The van der Waals surface area contributed by atoms with Crippen molar-refractivity contribution in [3.63, 3.8) is 0 Å². The number of aromatic nitrogens is 4. The molecule has 0 aliphatic rings. The molecule has 0 saturated carbocycles. The summed E-state index contributed by atoms with van der Waals surface area (Å²) in [6, 6.07) is 0. The number of carbonyl (C=O) groups is 2. The van der Waals surface area contributed by atoms with E-state index in [-0.39, 0.29) is 29.2 Å². The number of esters is 1. The summed E-state index contributed by atoms with van der Waals surface area (Å²) < 4.78 is 10.2. The highest BCUT2D eigenvalue weighted by molar-refractivity contribution is 5.76. The Morgan fingerprint density at radius 1 is 0.857 bits per heavy atom. The van der Waals surface area contributed by atoms with Gasteiger partial charge >= 0.3 is 11.7 Å². The number of fused-ring (bicyclic) bond motifs is 1. The zero-order valence-corrected chi connectivity index (χ0v) is 26.9. The number of rotatable bonds is 22. The second-order valence-electron chi connectivity index (χ2n) is 11.5. The van der Waals surface area contributed by atoms with Gasteiger partial charge in [-0.05, 0) is 25.7 Å². The lowest BCUT2D eigenvalue weighted by Gasteiger charge is -2.27. The van der Waals surface area contributed by atoms with E-state index in [9.17, 15) is 19.2 Å². The minimum Gasteiger partial charge on any atom is -0.460 e. The van der Waals surface area contributed by atoms with Gasteiger partial charge in [-0.3, -0.25) is 23.5 Å². The quantitative estimate of drug-likeness (QED) is 0.133. The van der Waals surface area contributed by atoms with Gasteiger partial charge in [0, 0.05) is 40.0 Å². The zero-order chi connectivity index (χ0) is 30.9. The fourth-order valence-corrected chi connectivity index (χ4v) is 5.45. The molecule has 0 fully saturated rings. The number of carbonyl (C=O) groups excluding carboxylic acids is 2. The molecule has 2 rings (SSSR count). The van der Waals surface area contributed by atoms with Gasteiger partial charge in [-0.1, -0.05) is 85.0 Å². The van der Waals surface area contributed by atoms with Crippen molar-refractivity contribution < 1.29 is 14.3 Å². The van der Waals surface area contributed by atoms with Crippen LogP contribution < -0.4 is 11.2 Å². The highest BCUT2D eigenvalue weighted by atomic mass is 16.5. The Morgan fingerprint density at radius 2 is 1.48 bits per heavy atom. The van der Waals surface area contributed by atoms with Crippen LogP contribution in [0.2, 0.25) is 0 Å². The van der Waals surface area contributed by atoms with E-state index in [1.807, 2.05) is 11.8 Å². The van der Waals surface area contributed by atoms with E-state index < -0.39 is 0 Å². The van der Waals surface area contributed by atoms with Gasteiger partial charge < -0.3 is 14.2 Å². The molecule has 0 spiro atoms. The maximum atomic E-state index is 12.8. The minimum absolute atomic E-state index is 0.126. The van der Waals surface area contributed by atoms with Crippen molar-refractivity contribution >= 4 is 23.0 Å². The molecule has 10 heteroatoms. The molecule has 0 aliphatic carbocycles. The largest absolute Gasteiger partial charge is 0.460 e. The van der Waals surface area contributed by atoms with Crippen LogP contribution in [0.3, 0.4) is 0 Å². The fraction of sp³-hybridized carbons (Fsp3) is 0.781. The van der Waals surface area contributed by atoms with Crippen LogP contribution in [-0.4, -0.2) is 54.7 Å². The summed E-state index contributed by atoms with van der Waals surface area (Å²) in [6.07, 6.45) is 16.8. The third kappa shape index (κ3) is 11.1. The number of ether oxygens (including phenoxy) is 1. The van der Waals surface area contributed by atoms with Crippen LogP contribution in [0.4, 0.5) is 0 Å². The van der Waals surface area contributed by atoms with Crippen LogP contribution in [0.5, 0.6) is 0 Å². The van der Waals surface area contributed by atoms with Gasteiger partial charge in [0.25, 0.3) is 5.56 Å². The SMILES string of the molecule is CCCCCCCCN(CC(CCCCCCCCCn1c(=O)c2c(ncn2C)n(C)c1=O)OC(=O)CC)C(=O)CC. The maximum Gasteiger partial charge on any atom is 0.332 e. The summed E-state index contributed by atoms with van der Waals surface area (Å²) in [5.74, 6) is -0.0820. The van der Waals surface area contributed by atoms with Crippen molar-refractivity contribution in [2.75, 3.05) is 13.1 Å². The summed E-state index contributed by atoms with van der Waals surface area (Å²) in [6.45, 7) is 7.52. The van der Waals surface area contributed by atoms with Gasteiger partial charge in [-0.2, -0.15) is 0 Å². The molecule has 42 heavy (non-hydrogen) atoms. The first-order valence-corrected chi connectivity index (χ1v) is 16.3. The smallest absolute Gasteiger partial charge is 0.332 e. The highest BCUT2D eigenvalue weighted by Gasteiger charge is 2.20. The fourth-order valence-electron chi connectivity index (χ4n) is 5.45. The van der Waals surface area contributed by atoms with Crippen LogP contribution in [0.15, 0.2) is 15.9 Å². The number of imidazole rings is 1. The van der Waals surface area contributed by atoms with Gasteiger partial charge in [0.2, 0.25) is 5.91 Å². The maximum absolute atomic E-state index is 12.8. The average Bonchev–Trinajstić information content (AvgIpc) is 3.38. The van der Waals surface area contributed by atoms with E-state index in [1.165, 1.54) is 34.8 Å². The van der Waals surface area contributed by atoms with Crippen LogP contribution in [0.1, 0.15) is 124 Å². The summed E-state index contributed by atoms with van der Waals surface area (Å²) in [7, 11) is 3.41. The number of hydrogen-bond acceptors (Lipinski definition) is 6. The lowest BCUT2D eigenvalue weighted by molar-refractivity contribution is -0.152. The highest BCUT2D eigenvalue weighted by Crippen LogP contribution is 2.15. The van der Waals surface area contributed by atoms with Crippen molar-refractivity contribution in [3.05, 3.63) is 27.2 Å². The van der Waals surface area contributed by atoms with Crippen molar-refractivity contribution in [2.45, 2.75) is 136 Å². The van der Waals surface area contributed by atoms with E-state index in [0.717, 1.165) is 70.8 Å². The van der Waals surface area contributed by atoms with Crippen LogP contribution in [0, 0.1) is 0 Å². The Hall–Kier alpha value is -2.91. The molecular weight excluding hydrogens is 534 g/mol. The van der Waals surface area contributed by atoms with Gasteiger partial charge in [-0.25, -0.2) is 9.78 Å². The average molecular weight is 590 g/mol. The van der Waals surface area contributed by atoms with E-state index in [0.29, 0.717) is 37.1 Å². The Balaban J connectivity index is 1.74. The Bertz CT molecular complexity index is 1210. The number of hydrogen-bond donors (Lipinski definition) is 0. The molecule has 1 atom stereocenters. The number of unbranched alkanes of at least 4 members (excludes halogenated alkanes) is 11. The number of aryl methyl sites for hydroxylation is 2. The second kappa shape index (κ2) is 19.3. The number of amides is 1. The molecule has 0 N–H and O–H groups in total. The first-order valence-electron chi connectivity index (χ1n) is 16.3. The van der Waals surface area contributed by atoms with E-state index in [4.69, 9.17) is 4.74 Å². The lowest BCUT2D eigenvalue weighted by Crippen LogP contribution is -2.39. The molecule has 0 radical (unpaired) electrons. The predicted molar refractivity (Wildman–Crippen MR) is 168 cm³/mol. The molecule has 0 aliphatic heterocycles. The summed E-state index contributed by atoms with van der Waals surface area (Å²) in [4.78, 5) is 56.2. The third-order valence-corrected chi connectivity index (χ3v) is 8.06. The summed E-state index contributed by atoms with van der Waals surface area (Å²) in [5, 5.41) is 0. The Labute approximate surface area is 251 Å². The molecule has 0 saturated heterocycles. The zero-order valence-electron chi connectivity index (χ0n) is 26.9. The molecule has 2 aromatic heterocycles. The number of nitrogens with zero attached hydrogens (tertiary/aromatic N) is 5. The molecule has 2 heterocycles. The first-order chi connectivity index (χ1) is 20.2. The van der Waals surface area contributed by atoms with Crippen molar-refractivity contribution in [1.82, 2.24) is 23.6 Å². The molecule has 0 bridgehead atoms. The van der Waals surface area contributed by atoms with Gasteiger partial charge in [0.05, 0.1) is 12.9 Å². The lowest BCUT2D eigenvalue weighted by atomic mass is 10.1. The Morgan fingerprint density at radius 3 is 2.12 bits per heavy atom. The topological polar surface area (TPSA) is 108 Å². The van der Waals surface area contributed by atoms with E-state index in [2.05, 4.69) is 11.9 Å². The van der Waals surface area contributed by atoms with Crippen LogP contribution >= 0.6 is 0 Å². The molecule has 2 aromatic rings. The van der Waals surface area contributed by atoms with Gasteiger partial charge in [0.1, 0.15) is 6.10 Å². The summed E-state index contributed by atoms with van der Waals surface area (Å²) >= 11 is 0. The van der Waals surface area contributed by atoms with Crippen molar-refractivity contribution in [3.8, 4) is 0 Å². The normalized spacial score (nSPS) is 12.1. The third-order valence-electron chi connectivity index (χ3n) is 8.06. The molecule has 1 amide bonds. The molecule has 1 unspecified atom stereocenters. The van der Waals surface area contributed by atoms with Crippen molar-refractivity contribution in [2.24, 2.45) is 14.1 Å². The second-order valence-corrected chi connectivity index (χ2v) is 11.5. The Kier molecular flexibility index (Phi) is 16.2. The van der Waals surface area contributed by atoms with Crippen LogP contribution in [0.25, 0.3) is 11.2 Å². The van der Waals surface area contributed by atoms with Crippen LogP contribution in [-0.2, 0) is 35.0 Å². The van der Waals surface area contributed by atoms with E-state index >= 15 is 0 Å². The molecule has 238 valence electrons. The first kappa shape index (κ1) is 35.3. The predicted octanol–water partition coefficient (Wildman–Crippen LogP) is 5.48. The molecule has 0 aromatic carbocycles. The molecule has 10 nitrogen and oxygen atoms in total. The van der Waals surface area contributed by atoms with Gasteiger partial charge in [-0.15, -0.1) is 0 Å². The standard InChI is InChI=1S/C32H55N5O5/c1-6-9-10-11-16-19-22-36(27(38)7-2)24-26(42-28(39)8-3)21-18-15-13-12-14-17-20-23-37-31(40)29-30(33-25-34(29)4)35(5)32(37)41/h25-26H,6-24H2,1-5H3. The van der Waals surface area contributed by atoms with Crippen molar-refractivity contribution in [1.29, 1.82) is 0 Å². The summed E-state index contributed by atoms with van der Waals surface area (Å²) in [5.41, 5.74) is 0.260. The monoisotopic (exact) mass is 589 g/mol.